The minimum atomic E-state index is -0.164. The Bertz CT molecular complexity index is 1170. The molecule has 0 aliphatic carbocycles. The van der Waals surface area contributed by atoms with Crippen molar-refractivity contribution in [2.75, 3.05) is 0 Å². The van der Waals surface area contributed by atoms with Crippen LogP contribution in [0.15, 0.2) is 85.2 Å². The van der Waals surface area contributed by atoms with Gasteiger partial charge in [0.1, 0.15) is 0 Å². The zero-order chi connectivity index (χ0) is 22.5. The Morgan fingerprint density at radius 2 is 1.62 bits per heavy atom. The lowest BCUT2D eigenvalue weighted by Gasteiger charge is -2.29. The number of carbonyl (C=O) groups excluding carboxylic acids is 1. The maximum atomic E-state index is 13.9. The number of amides is 1. The van der Waals surface area contributed by atoms with E-state index in [0.29, 0.717) is 13.1 Å². The smallest absolute Gasteiger partial charge is 0.256 e. The van der Waals surface area contributed by atoms with Gasteiger partial charge in [-0.1, -0.05) is 42.5 Å². The number of benzene rings is 1. The highest BCUT2D eigenvalue weighted by Gasteiger charge is 2.27. The molecule has 3 heterocycles. The van der Waals surface area contributed by atoms with Crippen molar-refractivity contribution >= 4 is 5.91 Å². The van der Waals surface area contributed by atoms with Crippen molar-refractivity contribution in [2.24, 2.45) is 0 Å². The summed E-state index contributed by atoms with van der Waals surface area (Å²) >= 11 is 0. The van der Waals surface area contributed by atoms with E-state index in [4.69, 9.17) is 0 Å². The van der Waals surface area contributed by atoms with Gasteiger partial charge in [-0.05, 0) is 56.7 Å². The second-order valence-electron chi connectivity index (χ2n) is 8.04. The zero-order valence-corrected chi connectivity index (χ0v) is 18.8. The Morgan fingerprint density at radius 3 is 2.28 bits per heavy atom. The topological polar surface area (TPSA) is 51.0 Å². The SMILES string of the molecule is Cc1cc(C(=O)N(Cc2ccccc2)C(C)c2ccccn2)c(C)n1Cc1ccccn1. The Hall–Kier alpha value is -3.73. The molecule has 0 aliphatic heterocycles. The van der Waals surface area contributed by atoms with Gasteiger partial charge in [0.05, 0.1) is 29.5 Å². The summed E-state index contributed by atoms with van der Waals surface area (Å²) < 4.78 is 2.15. The van der Waals surface area contributed by atoms with Gasteiger partial charge in [-0.25, -0.2) is 0 Å². The monoisotopic (exact) mass is 424 g/mol. The Balaban J connectivity index is 1.68. The third kappa shape index (κ3) is 4.62. The second kappa shape index (κ2) is 9.60. The van der Waals surface area contributed by atoms with Gasteiger partial charge in [-0.3, -0.25) is 14.8 Å². The summed E-state index contributed by atoms with van der Waals surface area (Å²) in [6, 6.07) is 23.7. The van der Waals surface area contributed by atoms with Crippen LogP contribution in [-0.2, 0) is 13.1 Å². The van der Waals surface area contributed by atoms with Crippen LogP contribution in [0.2, 0.25) is 0 Å². The van der Waals surface area contributed by atoms with Crippen LogP contribution in [0.4, 0.5) is 0 Å². The van der Waals surface area contributed by atoms with Crippen LogP contribution < -0.4 is 0 Å². The molecule has 1 amide bonds. The van der Waals surface area contributed by atoms with E-state index in [-0.39, 0.29) is 11.9 Å². The summed E-state index contributed by atoms with van der Waals surface area (Å²) in [5, 5.41) is 0. The maximum absolute atomic E-state index is 13.9. The van der Waals surface area contributed by atoms with Crippen LogP contribution in [-0.4, -0.2) is 25.3 Å². The van der Waals surface area contributed by atoms with Crippen LogP contribution in [0, 0.1) is 13.8 Å². The maximum Gasteiger partial charge on any atom is 0.256 e. The van der Waals surface area contributed by atoms with Gasteiger partial charge >= 0.3 is 0 Å². The number of carbonyl (C=O) groups is 1. The molecule has 4 rings (SSSR count). The largest absolute Gasteiger partial charge is 0.342 e. The Labute approximate surface area is 189 Å². The quantitative estimate of drug-likeness (QED) is 0.402. The molecular weight excluding hydrogens is 396 g/mol. The lowest BCUT2D eigenvalue weighted by atomic mass is 10.1. The minimum Gasteiger partial charge on any atom is -0.342 e. The van der Waals surface area contributed by atoms with Crippen molar-refractivity contribution in [1.29, 1.82) is 0 Å². The van der Waals surface area contributed by atoms with Gasteiger partial charge in [0.2, 0.25) is 0 Å². The molecule has 1 aromatic carbocycles. The van der Waals surface area contributed by atoms with Gasteiger partial charge < -0.3 is 9.47 Å². The van der Waals surface area contributed by atoms with E-state index in [0.717, 1.165) is 33.9 Å². The normalized spacial score (nSPS) is 11.8. The minimum absolute atomic E-state index is 0.00683. The first-order valence-electron chi connectivity index (χ1n) is 10.9. The molecule has 162 valence electrons. The van der Waals surface area contributed by atoms with E-state index in [9.17, 15) is 4.79 Å². The van der Waals surface area contributed by atoms with Crippen LogP contribution in [0.1, 0.15) is 51.7 Å². The van der Waals surface area contributed by atoms with Crippen LogP contribution in [0.25, 0.3) is 0 Å². The van der Waals surface area contributed by atoms with Crippen molar-refractivity contribution in [1.82, 2.24) is 19.4 Å². The summed E-state index contributed by atoms with van der Waals surface area (Å²) in [4.78, 5) is 24.7. The highest BCUT2D eigenvalue weighted by Crippen LogP contribution is 2.26. The van der Waals surface area contributed by atoms with Gasteiger partial charge in [-0.2, -0.15) is 0 Å². The molecule has 1 atom stereocenters. The van der Waals surface area contributed by atoms with Crippen molar-refractivity contribution in [3.8, 4) is 0 Å². The first kappa shape index (κ1) is 21.5. The zero-order valence-electron chi connectivity index (χ0n) is 18.8. The molecule has 0 aliphatic rings. The van der Waals surface area contributed by atoms with Crippen molar-refractivity contribution < 1.29 is 4.79 Å². The van der Waals surface area contributed by atoms with Crippen LogP contribution in [0.5, 0.6) is 0 Å². The fourth-order valence-electron chi connectivity index (χ4n) is 4.02. The van der Waals surface area contributed by atoms with Gasteiger partial charge in [0.15, 0.2) is 0 Å². The summed E-state index contributed by atoms with van der Waals surface area (Å²) in [5.74, 6) is 0.00683. The molecule has 0 N–H and O–H groups in total. The summed E-state index contributed by atoms with van der Waals surface area (Å²) in [6.45, 7) is 7.24. The number of aromatic nitrogens is 3. The fraction of sp³-hybridized carbons (Fsp3) is 0.222. The second-order valence-corrected chi connectivity index (χ2v) is 8.04. The predicted molar refractivity (Wildman–Crippen MR) is 126 cm³/mol. The fourth-order valence-corrected chi connectivity index (χ4v) is 4.02. The first-order valence-corrected chi connectivity index (χ1v) is 10.9. The number of aryl methyl sites for hydroxylation is 1. The Morgan fingerprint density at radius 1 is 0.938 bits per heavy atom. The van der Waals surface area contributed by atoms with E-state index < -0.39 is 0 Å². The highest BCUT2D eigenvalue weighted by molar-refractivity contribution is 5.96. The van der Waals surface area contributed by atoms with Gasteiger partial charge in [0.25, 0.3) is 5.91 Å². The lowest BCUT2D eigenvalue weighted by molar-refractivity contribution is 0.0669. The molecule has 4 aromatic rings. The molecule has 32 heavy (non-hydrogen) atoms. The average Bonchev–Trinajstić information content (AvgIpc) is 3.12. The number of rotatable bonds is 7. The Kier molecular flexibility index (Phi) is 6.45. The number of nitrogens with zero attached hydrogens (tertiary/aromatic N) is 4. The van der Waals surface area contributed by atoms with Crippen molar-refractivity contribution in [2.45, 2.75) is 39.9 Å². The van der Waals surface area contributed by atoms with Crippen molar-refractivity contribution in [3.63, 3.8) is 0 Å². The summed E-state index contributed by atoms with van der Waals surface area (Å²) in [6.07, 6.45) is 3.57. The van der Waals surface area contributed by atoms with Gasteiger partial charge in [-0.15, -0.1) is 0 Å². The van der Waals surface area contributed by atoms with E-state index in [2.05, 4.69) is 26.7 Å². The molecule has 1 unspecified atom stereocenters. The molecule has 5 nitrogen and oxygen atoms in total. The molecule has 0 saturated carbocycles. The van der Waals surface area contributed by atoms with E-state index in [1.54, 1.807) is 12.4 Å². The van der Waals surface area contributed by atoms with E-state index >= 15 is 0 Å². The standard InChI is InChI=1S/C27H28N4O/c1-20-17-25(21(2)30(20)19-24-13-7-9-15-28-24)27(32)31(18-23-11-5-4-6-12-23)22(3)26-14-8-10-16-29-26/h4-17,22H,18-19H2,1-3H3. The molecule has 0 fully saturated rings. The molecule has 5 heteroatoms. The molecule has 0 saturated heterocycles. The van der Waals surface area contributed by atoms with Crippen LogP contribution >= 0.6 is 0 Å². The van der Waals surface area contributed by atoms with E-state index in [1.165, 1.54) is 0 Å². The van der Waals surface area contributed by atoms with Crippen molar-refractivity contribution in [3.05, 3.63) is 119 Å². The molecular formula is C27H28N4O. The molecule has 3 aromatic heterocycles. The van der Waals surface area contributed by atoms with Gasteiger partial charge in [0, 0.05) is 30.3 Å². The molecule has 0 spiro atoms. The lowest BCUT2D eigenvalue weighted by Crippen LogP contribution is -2.34. The molecule has 0 radical (unpaired) electrons. The predicted octanol–water partition coefficient (Wildman–Crippen LogP) is 5.35. The number of hydrogen-bond acceptors (Lipinski definition) is 3. The third-order valence-corrected chi connectivity index (χ3v) is 5.89. The van der Waals surface area contributed by atoms with E-state index in [1.807, 2.05) is 86.3 Å². The molecule has 0 bridgehead atoms. The average molecular weight is 425 g/mol. The van der Waals surface area contributed by atoms with Crippen LogP contribution in [0.3, 0.4) is 0 Å². The third-order valence-electron chi connectivity index (χ3n) is 5.89. The highest BCUT2D eigenvalue weighted by atomic mass is 16.2. The first-order chi connectivity index (χ1) is 15.5. The number of hydrogen-bond donors (Lipinski definition) is 0. The number of pyridine rings is 2. The summed E-state index contributed by atoms with van der Waals surface area (Å²) in [5.41, 5.74) is 5.64. The summed E-state index contributed by atoms with van der Waals surface area (Å²) in [7, 11) is 0.